The number of rotatable bonds is 5. The molecule has 0 aromatic heterocycles. The average Bonchev–Trinajstić information content (AvgIpc) is 2.34. The third-order valence-corrected chi connectivity index (χ3v) is 4.71. The summed E-state index contributed by atoms with van der Waals surface area (Å²) in [6, 6.07) is 4.92. The van der Waals surface area contributed by atoms with Crippen LogP contribution in [0.2, 0.25) is 5.02 Å². The van der Waals surface area contributed by atoms with Crippen LogP contribution in [0.15, 0.2) is 23.1 Å². The first-order valence-electron chi connectivity index (χ1n) is 6.06. The summed E-state index contributed by atoms with van der Waals surface area (Å²) in [7, 11) is -1.57. The molecular formula is C13H19ClN2O2S. The number of halogens is 1. The maximum absolute atomic E-state index is 12.4. The lowest BCUT2D eigenvalue weighted by atomic mass is 10.2. The van der Waals surface area contributed by atoms with Gasteiger partial charge in [-0.25, -0.2) is 0 Å². The van der Waals surface area contributed by atoms with E-state index in [0.29, 0.717) is 28.1 Å². The van der Waals surface area contributed by atoms with E-state index in [9.17, 15) is 9.00 Å². The van der Waals surface area contributed by atoms with Crippen molar-refractivity contribution in [3.05, 3.63) is 23.2 Å². The zero-order chi connectivity index (χ0) is 14.6. The van der Waals surface area contributed by atoms with Crippen LogP contribution in [0, 0.1) is 5.92 Å². The standard InChI is InChI=1S/C13H19ClN2O2S/c1-8(2)7-16-13(17)9(3)19(18)12-10(14)5-4-6-11(12)15/h4-6,8-9H,7,15H2,1-3H3,(H,16,17). The van der Waals surface area contributed by atoms with Gasteiger partial charge in [0.05, 0.1) is 20.7 Å². The molecule has 0 saturated heterocycles. The molecular weight excluding hydrogens is 284 g/mol. The molecule has 0 heterocycles. The summed E-state index contributed by atoms with van der Waals surface area (Å²) in [4.78, 5) is 12.2. The van der Waals surface area contributed by atoms with Crippen molar-refractivity contribution in [1.82, 2.24) is 5.32 Å². The maximum Gasteiger partial charge on any atom is 0.235 e. The fraction of sp³-hybridized carbons (Fsp3) is 0.462. The highest BCUT2D eigenvalue weighted by Crippen LogP contribution is 2.27. The maximum atomic E-state index is 12.4. The summed E-state index contributed by atoms with van der Waals surface area (Å²) in [6.45, 7) is 6.15. The van der Waals surface area contributed by atoms with E-state index < -0.39 is 16.0 Å². The van der Waals surface area contributed by atoms with Gasteiger partial charge >= 0.3 is 0 Å². The molecule has 0 saturated carbocycles. The lowest BCUT2D eigenvalue weighted by Gasteiger charge is -2.15. The Kier molecular flexibility index (Phi) is 5.82. The van der Waals surface area contributed by atoms with Crippen molar-refractivity contribution in [1.29, 1.82) is 0 Å². The van der Waals surface area contributed by atoms with Gasteiger partial charge in [0.2, 0.25) is 5.91 Å². The Hall–Kier alpha value is -1.07. The van der Waals surface area contributed by atoms with Crippen molar-refractivity contribution in [3.8, 4) is 0 Å². The molecule has 1 rings (SSSR count). The van der Waals surface area contributed by atoms with Gasteiger partial charge < -0.3 is 11.1 Å². The van der Waals surface area contributed by atoms with Gasteiger partial charge in [0.25, 0.3) is 0 Å². The number of benzene rings is 1. The molecule has 4 nitrogen and oxygen atoms in total. The lowest BCUT2D eigenvalue weighted by Crippen LogP contribution is -2.37. The first-order valence-corrected chi connectivity index (χ1v) is 7.66. The van der Waals surface area contributed by atoms with Crippen LogP contribution in [-0.2, 0) is 15.6 Å². The smallest absolute Gasteiger partial charge is 0.235 e. The van der Waals surface area contributed by atoms with Gasteiger partial charge in [-0.15, -0.1) is 0 Å². The summed E-state index contributed by atoms with van der Waals surface area (Å²) < 4.78 is 12.4. The van der Waals surface area contributed by atoms with Gasteiger partial charge in [-0.2, -0.15) is 0 Å². The molecule has 0 spiro atoms. The number of nitrogens with two attached hydrogens (primary N) is 1. The summed E-state index contributed by atoms with van der Waals surface area (Å²) in [5, 5.41) is 2.38. The molecule has 0 aliphatic heterocycles. The molecule has 0 aliphatic rings. The minimum absolute atomic E-state index is 0.258. The summed E-state index contributed by atoms with van der Waals surface area (Å²) in [6.07, 6.45) is 0. The van der Waals surface area contributed by atoms with E-state index in [1.54, 1.807) is 25.1 Å². The van der Waals surface area contributed by atoms with Crippen molar-refractivity contribution in [2.75, 3.05) is 12.3 Å². The van der Waals surface area contributed by atoms with Crippen molar-refractivity contribution in [3.63, 3.8) is 0 Å². The summed E-state index contributed by atoms with van der Waals surface area (Å²) in [5.74, 6) is 0.0846. The Bertz CT molecular complexity index is 471. The Balaban J connectivity index is 2.85. The monoisotopic (exact) mass is 302 g/mol. The predicted octanol–water partition coefficient (Wildman–Crippen LogP) is 2.19. The zero-order valence-corrected chi connectivity index (χ0v) is 12.8. The van der Waals surface area contributed by atoms with Crippen LogP contribution in [0.1, 0.15) is 20.8 Å². The molecule has 3 N–H and O–H groups in total. The molecule has 1 aromatic carbocycles. The molecule has 0 bridgehead atoms. The first-order chi connectivity index (χ1) is 8.84. The Morgan fingerprint density at radius 3 is 2.58 bits per heavy atom. The summed E-state index contributed by atoms with van der Waals surface area (Å²) in [5.41, 5.74) is 6.12. The number of carbonyl (C=O) groups is 1. The van der Waals surface area contributed by atoms with E-state index in [1.807, 2.05) is 13.8 Å². The van der Waals surface area contributed by atoms with E-state index in [4.69, 9.17) is 17.3 Å². The molecule has 1 aromatic rings. The molecule has 6 heteroatoms. The van der Waals surface area contributed by atoms with Crippen LogP contribution < -0.4 is 11.1 Å². The molecule has 19 heavy (non-hydrogen) atoms. The van der Waals surface area contributed by atoms with E-state index in [2.05, 4.69) is 5.32 Å². The number of nitrogens with one attached hydrogen (secondary N) is 1. The minimum Gasteiger partial charge on any atom is -0.398 e. The molecule has 0 aliphatic carbocycles. The van der Waals surface area contributed by atoms with Crippen molar-refractivity contribution >= 4 is 34.0 Å². The Labute approximate surface area is 121 Å². The minimum atomic E-state index is -1.57. The van der Waals surface area contributed by atoms with Gasteiger partial charge in [-0.3, -0.25) is 9.00 Å². The highest BCUT2D eigenvalue weighted by Gasteiger charge is 2.24. The van der Waals surface area contributed by atoms with Gasteiger partial charge in [0.1, 0.15) is 5.25 Å². The summed E-state index contributed by atoms with van der Waals surface area (Å²) >= 11 is 6.00. The van der Waals surface area contributed by atoms with Gasteiger partial charge in [0.15, 0.2) is 0 Å². The predicted molar refractivity (Wildman–Crippen MR) is 79.6 cm³/mol. The SMILES string of the molecule is CC(C)CNC(=O)C(C)S(=O)c1c(N)cccc1Cl. The third kappa shape index (κ3) is 4.21. The largest absolute Gasteiger partial charge is 0.398 e. The van der Waals surface area contributed by atoms with Crippen molar-refractivity contribution in [2.45, 2.75) is 30.9 Å². The molecule has 0 fully saturated rings. The number of nitrogen functional groups attached to an aromatic ring is 1. The molecule has 2 atom stereocenters. The normalized spacial score (nSPS) is 14.2. The third-order valence-electron chi connectivity index (χ3n) is 2.57. The Morgan fingerprint density at radius 1 is 1.42 bits per heavy atom. The molecule has 1 amide bonds. The number of carbonyl (C=O) groups excluding carboxylic acids is 1. The molecule has 2 unspecified atom stereocenters. The second-order valence-electron chi connectivity index (χ2n) is 4.74. The van der Waals surface area contributed by atoms with Crippen molar-refractivity contribution < 1.29 is 9.00 Å². The first kappa shape index (κ1) is 16.0. The second kappa shape index (κ2) is 6.91. The lowest BCUT2D eigenvalue weighted by molar-refractivity contribution is -0.120. The highest BCUT2D eigenvalue weighted by atomic mass is 35.5. The van der Waals surface area contributed by atoms with E-state index in [-0.39, 0.29) is 5.91 Å². The number of amides is 1. The van der Waals surface area contributed by atoms with Crippen molar-refractivity contribution in [2.24, 2.45) is 5.92 Å². The topological polar surface area (TPSA) is 72.2 Å². The van der Waals surface area contributed by atoms with E-state index in [1.165, 1.54) is 0 Å². The van der Waals surface area contributed by atoms with Gasteiger partial charge in [0, 0.05) is 12.2 Å². The number of hydrogen-bond donors (Lipinski definition) is 2. The van der Waals surface area contributed by atoms with Gasteiger partial charge in [-0.1, -0.05) is 31.5 Å². The van der Waals surface area contributed by atoms with Crippen LogP contribution >= 0.6 is 11.6 Å². The van der Waals surface area contributed by atoms with Crippen LogP contribution in [0.25, 0.3) is 0 Å². The fourth-order valence-electron chi connectivity index (χ4n) is 1.46. The van der Waals surface area contributed by atoms with E-state index in [0.717, 1.165) is 0 Å². The molecule has 106 valence electrons. The van der Waals surface area contributed by atoms with E-state index >= 15 is 0 Å². The highest BCUT2D eigenvalue weighted by molar-refractivity contribution is 7.86. The van der Waals surface area contributed by atoms with Crippen LogP contribution in [-0.4, -0.2) is 21.9 Å². The van der Waals surface area contributed by atoms with Crippen LogP contribution in [0.3, 0.4) is 0 Å². The Morgan fingerprint density at radius 2 is 2.05 bits per heavy atom. The van der Waals surface area contributed by atoms with Crippen LogP contribution in [0.4, 0.5) is 5.69 Å². The quantitative estimate of drug-likeness (QED) is 0.819. The number of anilines is 1. The number of hydrogen-bond acceptors (Lipinski definition) is 3. The molecule has 0 radical (unpaired) electrons. The van der Waals surface area contributed by atoms with Crippen LogP contribution in [0.5, 0.6) is 0 Å². The van der Waals surface area contributed by atoms with Gasteiger partial charge in [-0.05, 0) is 25.0 Å². The zero-order valence-electron chi connectivity index (χ0n) is 11.3. The fourth-order valence-corrected chi connectivity index (χ4v) is 3.06. The second-order valence-corrected chi connectivity index (χ2v) is 6.85. The average molecular weight is 303 g/mol.